The molecule has 3 rings (SSSR count). The van der Waals surface area contributed by atoms with E-state index in [9.17, 15) is 0 Å². The predicted octanol–water partition coefficient (Wildman–Crippen LogP) is 2.39. The molecule has 3 N–H and O–H groups in total. The zero-order chi connectivity index (χ0) is 13.2. The van der Waals surface area contributed by atoms with Crippen LogP contribution in [-0.4, -0.2) is 32.5 Å². The number of anilines is 2. The maximum Gasteiger partial charge on any atom is 0.226 e. The van der Waals surface area contributed by atoms with Gasteiger partial charge < -0.3 is 15.6 Å². The summed E-state index contributed by atoms with van der Waals surface area (Å²) in [6, 6.07) is 0.552. The number of aromatic nitrogens is 4. The Morgan fingerprint density at radius 3 is 3.05 bits per heavy atom. The monoisotopic (exact) mass is 260 g/mol. The molecule has 0 saturated heterocycles. The molecular weight excluding hydrogens is 240 g/mol. The van der Waals surface area contributed by atoms with Gasteiger partial charge in [0.05, 0.1) is 6.33 Å². The highest BCUT2D eigenvalue weighted by Gasteiger charge is 2.36. The number of aromatic amines is 1. The van der Waals surface area contributed by atoms with Gasteiger partial charge in [-0.1, -0.05) is 13.3 Å². The second-order valence-electron chi connectivity index (χ2n) is 5.06. The van der Waals surface area contributed by atoms with E-state index in [0.717, 1.165) is 23.8 Å². The van der Waals surface area contributed by atoms with Gasteiger partial charge in [0.15, 0.2) is 11.5 Å². The molecule has 19 heavy (non-hydrogen) atoms. The van der Waals surface area contributed by atoms with E-state index in [1.54, 1.807) is 6.33 Å². The predicted molar refractivity (Wildman–Crippen MR) is 76.3 cm³/mol. The molecule has 0 aromatic carbocycles. The number of imidazole rings is 1. The van der Waals surface area contributed by atoms with Gasteiger partial charge in [-0.05, 0) is 25.7 Å². The smallest absolute Gasteiger partial charge is 0.226 e. The van der Waals surface area contributed by atoms with Gasteiger partial charge in [0.25, 0.3) is 0 Å². The van der Waals surface area contributed by atoms with Crippen molar-refractivity contribution in [2.75, 3.05) is 17.2 Å². The molecule has 2 aromatic rings. The van der Waals surface area contributed by atoms with E-state index in [-0.39, 0.29) is 0 Å². The van der Waals surface area contributed by atoms with Gasteiger partial charge in [0, 0.05) is 12.6 Å². The van der Waals surface area contributed by atoms with Gasteiger partial charge in [-0.3, -0.25) is 0 Å². The summed E-state index contributed by atoms with van der Waals surface area (Å²) < 4.78 is 0. The zero-order valence-corrected chi connectivity index (χ0v) is 11.4. The van der Waals surface area contributed by atoms with Crippen molar-refractivity contribution in [2.24, 2.45) is 5.92 Å². The SMILES string of the molecule is CCCC1CC1Nc1nc(NCC)nc2nc[nH]c12. The van der Waals surface area contributed by atoms with E-state index in [4.69, 9.17) is 0 Å². The van der Waals surface area contributed by atoms with Crippen molar-refractivity contribution in [1.29, 1.82) is 0 Å². The molecular formula is C13H20N6. The van der Waals surface area contributed by atoms with Crippen LogP contribution in [0.15, 0.2) is 6.33 Å². The fourth-order valence-electron chi connectivity index (χ4n) is 2.46. The van der Waals surface area contributed by atoms with Gasteiger partial charge in [-0.25, -0.2) is 4.98 Å². The molecule has 0 spiro atoms. The second kappa shape index (κ2) is 5.03. The maximum atomic E-state index is 4.53. The van der Waals surface area contributed by atoms with Gasteiger partial charge in [0.2, 0.25) is 5.95 Å². The number of rotatable bonds is 6. The number of nitrogens with zero attached hydrogens (tertiary/aromatic N) is 3. The summed E-state index contributed by atoms with van der Waals surface area (Å²) in [5.74, 6) is 2.29. The Bertz CT molecular complexity index is 563. The number of fused-ring (bicyclic) bond motifs is 1. The highest BCUT2D eigenvalue weighted by Crippen LogP contribution is 2.37. The van der Waals surface area contributed by atoms with Crippen molar-refractivity contribution in [3.05, 3.63) is 6.33 Å². The Kier molecular flexibility index (Phi) is 3.23. The molecule has 102 valence electrons. The van der Waals surface area contributed by atoms with Gasteiger partial charge in [0.1, 0.15) is 5.52 Å². The highest BCUT2D eigenvalue weighted by atomic mass is 15.2. The molecule has 1 aliphatic carbocycles. The maximum absolute atomic E-state index is 4.53. The van der Waals surface area contributed by atoms with Crippen molar-refractivity contribution >= 4 is 22.9 Å². The largest absolute Gasteiger partial charge is 0.365 e. The van der Waals surface area contributed by atoms with Gasteiger partial charge in [-0.2, -0.15) is 9.97 Å². The van der Waals surface area contributed by atoms with Crippen molar-refractivity contribution in [2.45, 2.75) is 39.2 Å². The first-order chi connectivity index (χ1) is 9.31. The van der Waals surface area contributed by atoms with E-state index in [0.29, 0.717) is 17.6 Å². The standard InChI is InChI=1S/C13H20N6/c1-3-5-8-6-9(8)17-12-10-11(16-7-15-10)18-13(19-12)14-4-2/h7-9H,3-6H2,1-2H3,(H3,14,15,16,17,18,19). The lowest BCUT2D eigenvalue weighted by Gasteiger charge is -2.08. The molecule has 2 atom stereocenters. The van der Waals surface area contributed by atoms with Crippen molar-refractivity contribution < 1.29 is 0 Å². The first-order valence-corrected chi connectivity index (χ1v) is 7.03. The van der Waals surface area contributed by atoms with E-state index < -0.39 is 0 Å². The van der Waals surface area contributed by atoms with Crippen molar-refractivity contribution in [1.82, 2.24) is 19.9 Å². The molecule has 1 fully saturated rings. The fourth-order valence-corrected chi connectivity index (χ4v) is 2.46. The van der Waals surface area contributed by atoms with Crippen LogP contribution in [-0.2, 0) is 0 Å². The molecule has 6 nitrogen and oxygen atoms in total. The molecule has 6 heteroatoms. The van der Waals surface area contributed by atoms with Crippen molar-refractivity contribution in [3.63, 3.8) is 0 Å². The Hall–Kier alpha value is -1.85. The van der Waals surface area contributed by atoms with E-state index in [1.807, 2.05) is 6.92 Å². The van der Waals surface area contributed by atoms with Crippen LogP contribution in [0.5, 0.6) is 0 Å². The fraction of sp³-hybridized carbons (Fsp3) is 0.615. The third-order valence-electron chi connectivity index (χ3n) is 3.52. The van der Waals surface area contributed by atoms with Gasteiger partial charge in [-0.15, -0.1) is 0 Å². The van der Waals surface area contributed by atoms with Crippen LogP contribution in [0, 0.1) is 5.92 Å². The summed E-state index contributed by atoms with van der Waals surface area (Å²) in [5.41, 5.74) is 1.60. The van der Waals surface area contributed by atoms with Crippen LogP contribution in [0.25, 0.3) is 11.2 Å². The second-order valence-corrected chi connectivity index (χ2v) is 5.06. The average Bonchev–Trinajstić information content (AvgIpc) is 2.94. The van der Waals surface area contributed by atoms with Crippen LogP contribution in [0.1, 0.15) is 33.1 Å². The molecule has 2 unspecified atom stereocenters. The number of H-pyrrole nitrogens is 1. The number of hydrogen-bond acceptors (Lipinski definition) is 5. The first-order valence-electron chi connectivity index (χ1n) is 7.03. The summed E-state index contributed by atoms with van der Waals surface area (Å²) in [6.45, 7) is 5.07. The average molecular weight is 260 g/mol. The minimum absolute atomic E-state index is 0.552. The quantitative estimate of drug-likeness (QED) is 0.743. The Balaban J connectivity index is 1.83. The Morgan fingerprint density at radius 1 is 1.37 bits per heavy atom. The molecule has 2 aromatic heterocycles. The van der Waals surface area contributed by atoms with Crippen LogP contribution in [0.3, 0.4) is 0 Å². The molecule has 1 saturated carbocycles. The van der Waals surface area contributed by atoms with Crippen LogP contribution < -0.4 is 10.6 Å². The molecule has 2 heterocycles. The van der Waals surface area contributed by atoms with E-state index in [1.165, 1.54) is 19.3 Å². The van der Waals surface area contributed by atoms with Crippen LogP contribution in [0.4, 0.5) is 11.8 Å². The van der Waals surface area contributed by atoms with Crippen LogP contribution >= 0.6 is 0 Å². The molecule has 0 radical (unpaired) electrons. The highest BCUT2D eigenvalue weighted by molar-refractivity contribution is 5.83. The lowest BCUT2D eigenvalue weighted by molar-refractivity contribution is 0.692. The third-order valence-corrected chi connectivity index (χ3v) is 3.52. The Labute approximate surface area is 112 Å². The topological polar surface area (TPSA) is 78.5 Å². The third kappa shape index (κ3) is 2.47. The molecule has 0 amide bonds. The summed E-state index contributed by atoms with van der Waals surface area (Å²) in [7, 11) is 0. The van der Waals surface area contributed by atoms with Gasteiger partial charge >= 0.3 is 0 Å². The Morgan fingerprint density at radius 2 is 2.26 bits per heavy atom. The number of hydrogen-bond donors (Lipinski definition) is 3. The summed E-state index contributed by atoms with van der Waals surface area (Å²) in [4.78, 5) is 16.2. The molecule has 0 bridgehead atoms. The summed E-state index contributed by atoms with van der Waals surface area (Å²) in [5, 5.41) is 6.66. The van der Waals surface area contributed by atoms with Crippen LogP contribution in [0.2, 0.25) is 0 Å². The number of nitrogens with one attached hydrogen (secondary N) is 3. The molecule has 0 aliphatic heterocycles. The van der Waals surface area contributed by atoms with E-state index in [2.05, 4.69) is 37.5 Å². The lowest BCUT2D eigenvalue weighted by Crippen LogP contribution is -2.10. The summed E-state index contributed by atoms with van der Waals surface area (Å²) in [6.07, 6.45) is 5.43. The van der Waals surface area contributed by atoms with Crippen molar-refractivity contribution in [3.8, 4) is 0 Å². The minimum atomic E-state index is 0.552. The first kappa shape index (κ1) is 12.2. The lowest BCUT2D eigenvalue weighted by atomic mass is 10.2. The normalized spacial score (nSPS) is 21.6. The minimum Gasteiger partial charge on any atom is -0.365 e. The summed E-state index contributed by atoms with van der Waals surface area (Å²) >= 11 is 0. The van der Waals surface area contributed by atoms with E-state index >= 15 is 0 Å². The zero-order valence-electron chi connectivity index (χ0n) is 11.4. The molecule has 1 aliphatic rings.